The Hall–Kier alpha value is -3.94. The van der Waals surface area contributed by atoms with E-state index in [0.29, 0.717) is 16.9 Å². The fourth-order valence-corrected chi connectivity index (χ4v) is 2.35. The second-order valence-electron chi connectivity index (χ2n) is 5.61. The Morgan fingerprint density at radius 3 is 2.14 bits per heavy atom. The van der Waals surface area contributed by atoms with E-state index in [2.05, 4.69) is 0 Å². The van der Waals surface area contributed by atoms with E-state index in [4.69, 9.17) is 13.9 Å². The number of rotatable bonds is 7. The lowest BCUT2D eigenvalue weighted by Crippen LogP contribution is -2.13. The Bertz CT molecular complexity index is 977. The van der Waals surface area contributed by atoms with Gasteiger partial charge in [0.25, 0.3) is 5.69 Å². The SMILES string of the molecule is O=C(OCCOC(=O)c1ccc(-c2ccc([N+](=O)[O-])cc2)o1)c1ccccc1. The number of non-ortho nitro benzene ring substituents is 1. The van der Waals surface area contributed by atoms with Crippen molar-refractivity contribution >= 4 is 17.6 Å². The van der Waals surface area contributed by atoms with E-state index >= 15 is 0 Å². The average Bonchev–Trinajstić information content (AvgIpc) is 3.22. The number of carbonyl (C=O) groups is 2. The molecule has 3 aromatic rings. The van der Waals surface area contributed by atoms with Crippen LogP contribution in [0.25, 0.3) is 11.3 Å². The fourth-order valence-electron chi connectivity index (χ4n) is 2.35. The lowest BCUT2D eigenvalue weighted by molar-refractivity contribution is -0.384. The first kappa shape index (κ1) is 18.8. The van der Waals surface area contributed by atoms with E-state index in [1.54, 1.807) is 36.4 Å². The van der Waals surface area contributed by atoms with Crippen molar-refractivity contribution in [1.82, 2.24) is 0 Å². The van der Waals surface area contributed by atoms with Gasteiger partial charge < -0.3 is 13.9 Å². The van der Waals surface area contributed by atoms with Crippen molar-refractivity contribution in [2.45, 2.75) is 0 Å². The molecule has 1 heterocycles. The van der Waals surface area contributed by atoms with Gasteiger partial charge in [-0.25, -0.2) is 9.59 Å². The minimum Gasteiger partial charge on any atom is -0.458 e. The first-order valence-electron chi connectivity index (χ1n) is 8.28. The summed E-state index contributed by atoms with van der Waals surface area (Å²) in [5.74, 6) is -0.862. The molecule has 0 aliphatic rings. The monoisotopic (exact) mass is 381 g/mol. The Morgan fingerprint density at radius 1 is 0.857 bits per heavy atom. The molecule has 0 amide bonds. The number of carbonyl (C=O) groups excluding carboxylic acids is 2. The summed E-state index contributed by atoms with van der Waals surface area (Å²) in [6.07, 6.45) is 0. The summed E-state index contributed by atoms with van der Waals surface area (Å²) in [5.41, 5.74) is 0.953. The lowest BCUT2D eigenvalue weighted by Gasteiger charge is -2.05. The van der Waals surface area contributed by atoms with Gasteiger partial charge in [0.05, 0.1) is 10.5 Å². The second-order valence-corrected chi connectivity index (χ2v) is 5.61. The van der Waals surface area contributed by atoms with Crippen molar-refractivity contribution in [3.8, 4) is 11.3 Å². The molecule has 0 radical (unpaired) electrons. The van der Waals surface area contributed by atoms with Gasteiger partial charge in [-0.2, -0.15) is 0 Å². The molecule has 28 heavy (non-hydrogen) atoms. The van der Waals surface area contributed by atoms with Gasteiger partial charge in [0, 0.05) is 17.7 Å². The fraction of sp³-hybridized carbons (Fsp3) is 0.100. The van der Waals surface area contributed by atoms with Crippen LogP contribution in [0.15, 0.2) is 71.1 Å². The predicted octanol–water partition coefficient (Wildman–Crippen LogP) is 3.87. The Balaban J connectivity index is 1.50. The van der Waals surface area contributed by atoms with Gasteiger partial charge >= 0.3 is 11.9 Å². The molecule has 0 saturated carbocycles. The highest BCUT2D eigenvalue weighted by Crippen LogP contribution is 2.24. The van der Waals surface area contributed by atoms with Crippen molar-refractivity contribution in [2.24, 2.45) is 0 Å². The quantitative estimate of drug-likeness (QED) is 0.264. The number of hydrogen-bond donors (Lipinski definition) is 0. The molecule has 0 N–H and O–H groups in total. The number of nitrogens with zero attached hydrogens (tertiary/aromatic N) is 1. The summed E-state index contributed by atoms with van der Waals surface area (Å²) in [4.78, 5) is 33.9. The summed E-state index contributed by atoms with van der Waals surface area (Å²) >= 11 is 0. The maximum atomic E-state index is 12.0. The van der Waals surface area contributed by atoms with Crippen LogP contribution in [0.2, 0.25) is 0 Å². The number of benzene rings is 2. The van der Waals surface area contributed by atoms with E-state index < -0.39 is 16.9 Å². The van der Waals surface area contributed by atoms with Crippen molar-refractivity contribution in [3.05, 3.63) is 88.2 Å². The van der Waals surface area contributed by atoms with Gasteiger partial charge in [-0.15, -0.1) is 0 Å². The van der Waals surface area contributed by atoms with Crippen LogP contribution in [-0.2, 0) is 9.47 Å². The zero-order valence-electron chi connectivity index (χ0n) is 14.6. The van der Waals surface area contributed by atoms with Gasteiger partial charge in [0.1, 0.15) is 19.0 Å². The van der Waals surface area contributed by atoms with Crippen molar-refractivity contribution in [2.75, 3.05) is 13.2 Å². The van der Waals surface area contributed by atoms with Crippen LogP contribution in [0.5, 0.6) is 0 Å². The summed E-state index contributed by atoms with van der Waals surface area (Å²) < 4.78 is 15.5. The number of furan rings is 1. The Labute approximate surface area is 159 Å². The topological polar surface area (TPSA) is 109 Å². The van der Waals surface area contributed by atoms with E-state index in [9.17, 15) is 19.7 Å². The van der Waals surface area contributed by atoms with E-state index in [1.165, 1.54) is 30.3 Å². The number of nitro groups is 1. The number of esters is 2. The molecular formula is C20H15NO7. The third kappa shape index (κ3) is 4.61. The smallest absolute Gasteiger partial charge is 0.374 e. The molecule has 8 heteroatoms. The molecule has 0 atom stereocenters. The molecule has 3 rings (SSSR count). The van der Waals surface area contributed by atoms with Crippen LogP contribution in [-0.4, -0.2) is 30.1 Å². The highest BCUT2D eigenvalue weighted by molar-refractivity contribution is 5.89. The van der Waals surface area contributed by atoms with Gasteiger partial charge in [-0.3, -0.25) is 10.1 Å². The molecule has 0 aliphatic heterocycles. The van der Waals surface area contributed by atoms with Crippen molar-refractivity contribution in [3.63, 3.8) is 0 Å². The highest BCUT2D eigenvalue weighted by Gasteiger charge is 2.15. The van der Waals surface area contributed by atoms with Gasteiger partial charge in [0.15, 0.2) is 0 Å². The standard InChI is InChI=1S/C20H15NO7/c22-19(15-4-2-1-3-5-15)26-12-13-27-20(23)18-11-10-17(28-18)14-6-8-16(9-7-14)21(24)25/h1-11H,12-13H2. The number of ether oxygens (including phenoxy) is 2. The minimum atomic E-state index is -0.705. The molecular weight excluding hydrogens is 366 g/mol. The van der Waals surface area contributed by atoms with Crippen molar-refractivity contribution in [1.29, 1.82) is 0 Å². The molecule has 0 aliphatic carbocycles. The predicted molar refractivity (Wildman–Crippen MR) is 97.8 cm³/mol. The van der Waals surface area contributed by atoms with Crippen LogP contribution in [0.1, 0.15) is 20.9 Å². The van der Waals surface area contributed by atoms with Crippen LogP contribution >= 0.6 is 0 Å². The van der Waals surface area contributed by atoms with Crippen LogP contribution in [0, 0.1) is 10.1 Å². The zero-order chi connectivity index (χ0) is 19.9. The summed E-state index contributed by atoms with van der Waals surface area (Å²) in [7, 11) is 0. The maximum absolute atomic E-state index is 12.0. The zero-order valence-corrected chi connectivity index (χ0v) is 14.6. The molecule has 1 aromatic heterocycles. The van der Waals surface area contributed by atoms with Gasteiger partial charge in [-0.1, -0.05) is 18.2 Å². The summed E-state index contributed by atoms with van der Waals surface area (Å²) in [6.45, 7) is -0.208. The van der Waals surface area contributed by atoms with Gasteiger partial charge in [0.2, 0.25) is 5.76 Å². The summed E-state index contributed by atoms with van der Waals surface area (Å²) in [6, 6.07) is 17.2. The Morgan fingerprint density at radius 2 is 1.50 bits per heavy atom. The molecule has 0 saturated heterocycles. The molecule has 0 fully saturated rings. The molecule has 142 valence electrons. The van der Waals surface area contributed by atoms with Crippen LogP contribution in [0.3, 0.4) is 0 Å². The second kappa shape index (κ2) is 8.63. The van der Waals surface area contributed by atoms with E-state index in [-0.39, 0.29) is 24.7 Å². The summed E-state index contributed by atoms with van der Waals surface area (Å²) in [5, 5.41) is 10.7. The molecule has 0 spiro atoms. The maximum Gasteiger partial charge on any atom is 0.374 e. The third-order valence-corrected chi connectivity index (χ3v) is 3.73. The van der Waals surface area contributed by atoms with Crippen molar-refractivity contribution < 1.29 is 28.4 Å². The van der Waals surface area contributed by atoms with E-state index in [1.807, 2.05) is 0 Å². The molecule has 0 unspecified atom stereocenters. The lowest BCUT2D eigenvalue weighted by atomic mass is 10.1. The van der Waals surface area contributed by atoms with E-state index in [0.717, 1.165) is 0 Å². The Kier molecular flexibility index (Phi) is 5.81. The van der Waals surface area contributed by atoms with Crippen LogP contribution < -0.4 is 0 Å². The van der Waals surface area contributed by atoms with Crippen LogP contribution in [0.4, 0.5) is 5.69 Å². The highest BCUT2D eigenvalue weighted by atomic mass is 16.6. The minimum absolute atomic E-state index is 0.0252. The molecule has 0 bridgehead atoms. The molecule has 2 aromatic carbocycles. The largest absolute Gasteiger partial charge is 0.458 e. The molecule has 8 nitrogen and oxygen atoms in total. The third-order valence-electron chi connectivity index (χ3n) is 3.73. The average molecular weight is 381 g/mol. The van der Waals surface area contributed by atoms with Gasteiger partial charge in [-0.05, 0) is 36.4 Å². The number of hydrogen-bond acceptors (Lipinski definition) is 7. The first-order chi connectivity index (χ1) is 13.5. The first-order valence-corrected chi connectivity index (χ1v) is 8.28. The normalized spacial score (nSPS) is 10.3. The number of nitro benzene ring substituents is 1.